The summed E-state index contributed by atoms with van der Waals surface area (Å²) in [5.74, 6) is 0.748. The number of fused-ring (bicyclic) bond motifs is 4. The zero-order valence-electron chi connectivity index (χ0n) is 19.1. The zero-order valence-corrected chi connectivity index (χ0v) is 19.1. The number of H-pyrrole nitrogens is 1. The summed E-state index contributed by atoms with van der Waals surface area (Å²) in [6.45, 7) is 3.95. The van der Waals surface area contributed by atoms with Gasteiger partial charge in [-0.3, -0.25) is 9.59 Å². The maximum Gasteiger partial charge on any atom is 0.197 e. The molecule has 34 heavy (non-hydrogen) atoms. The molecule has 2 heterocycles. The minimum atomic E-state index is -0.0507. The Morgan fingerprint density at radius 2 is 1.26 bits per heavy atom. The molecule has 0 aliphatic carbocycles. The Morgan fingerprint density at radius 3 is 2.00 bits per heavy atom. The van der Waals surface area contributed by atoms with Gasteiger partial charge in [-0.1, -0.05) is 23.3 Å². The molecular formula is C29H22N2O3. The summed E-state index contributed by atoms with van der Waals surface area (Å²) in [5, 5.41) is 2.39. The Bertz CT molecular complexity index is 1890. The van der Waals surface area contributed by atoms with E-state index in [1.54, 1.807) is 7.11 Å². The van der Waals surface area contributed by atoms with Gasteiger partial charge >= 0.3 is 0 Å². The number of nitrogens with zero attached hydrogens (tertiary/aromatic N) is 1. The molecule has 0 spiro atoms. The molecule has 0 bridgehead atoms. The van der Waals surface area contributed by atoms with Crippen LogP contribution in [0.1, 0.15) is 11.1 Å². The van der Waals surface area contributed by atoms with Crippen LogP contribution in [-0.2, 0) is 0 Å². The van der Waals surface area contributed by atoms with Gasteiger partial charge in [0.2, 0.25) is 0 Å². The van der Waals surface area contributed by atoms with Crippen molar-refractivity contribution in [1.29, 1.82) is 0 Å². The first kappa shape index (κ1) is 20.2. The van der Waals surface area contributed by atoms with Crippen LogP contribution in [0, 0.1) is 13.8 Å². The Kier molecular flexibility index (Phi) is 4.36. The topological polar surface area (TPSA) is 64.1 Å². The number of benzene rings is 4. The van der Waals surface area contributed by atoms with E-state index in [1.165, 1.54) is 0 Å². The molecule has 6 aromatic rings. The lowest BCUT2D eigenvalue weighted by atomic mass is 10.0. The number of aromatic nitrogens is 2. The summed E-state index contributed by atoms with van der Waals surface area (Å²) in [6.07, 6.45) is 0. The van der Waals surface area contributed by atoms with Crippen molar-refractivity contribution >= 4 is 43.6 Å². The molecule has 0 unspecified atom stereocenters. The van der Waals surface area contributed by atoms with Crippen LogP contribution in [0.4, 0.5) is 0 Å². The predicted molar refractivity (Wildman–Crippen MR) is 139 cm³/mol. The van der Waals surface area contributed by atoms with Gasteiger partial charge in [-0.05, 0) is 74.5 Å². The van der Waals surface area contributed by atoms with E-state index in [0.717, 1.165) is 33.6 Å². The van der Waals surface area contributed by atoms with Crippen LogP contribution in [0.25, 0.3) is 49.3 Å². The van der Waals surface area contributed by atoms with E-state index in [4.69, 9.17) is 4.74 Å². The molecule has 0 atom stereocenters. The number of aromatic amines is 1. The quantitative estimate of drug-likeness (QED) is 0.344. The summed E-state index contributed by atoms with van der Waals surface area (Å²) >= 11 is 0. The van der Waals surface area contributed by atoms with E-state index in [1.807, 2.05) is 91.2 Å². The first-order valence-electron chi connectivity index (χ1n) is 11.1. The van der Waals surface area contributed by atoms with Crippen LogP contribution < -0.4 is 15.6 Å². The Morgan fingerprint density at radius 1 is 0.647 bits per heavy atom. The summed E-state index contributed by atoms with van der Waals surface area (Å²) in [6, 6.07) is 23.0. The highest BCUT2D eigenvalue weighted by Gasteiger charge is 2.16. The van der Waals surface area contributed by atoms with Gasteiger partial charge in [-0.25, -0.2) is 0 Å². The number of nitrogens with one attached hydrogen (secondary N) is 1. The Balaban J connectivity index is 1.83. The summed E-state index contributed by atoms with van der Waals surface area (Å²) in [4.78, 5) is 30.5. The normalized spacial score (nSPS) is 11.6. The maximum absolute atomic E-state index is 13.6. The molecule has 0 saturated heterocycles. The molecule has 0 radical (unpaired) electrons. The molecule has 5 nitrogen and oxygen atoms in total. The molecule has 4 aromatic carbocycles. The van der Waals surface area contributed by atoms with Crippen molar-refractivity contribution in [3.05, 3.63) is 104 Å². The lowest BCUT2D eigenvalue weighted by Crippen LogP contribution is -2.12. The van der Waals surface area contributed by atoms with Crippen molar-refractivity contribution in [1.82, 2.24) is 9.55 Å². The van der Waals surface area contributed by atoms with Crippen LogP contribution in [0.2, 0.25) is 0 Å². The van der Waals surface area contributed by atoms with Crippen molar-refractivity contribution in [2.24, 2.45) is 0 Å². The van der Waals surface area contributed by atoms with Crippen LogP contribution in [-0.4, -0.2) is 16.7 Å². The van der Waals surface area contributed by atoms with E-state index in [0.29, 0.717) is 32.6 Å². The number of methoxy groups -OCH3 is 1. The standard InChI is InChI=1S/C29H22N2O3/c1-16-4-10-24-20(12-16)28(32)21-15-27-23(14-25(21)30-24)29(33)22-13-17(2)5-11-26(22)31(27)18-6-8-19(34-3)9-7-18/h4-15H,1-3H3,(H,30,32). The van der Waals surface area contributed by atoms with E-state index in [-0.39, 0.29) is 10.9 Å². The first-order valence-corrected chi connectivity index (χ1v) is 11.1. The Labute approximate surface area is 194 Å². The second kappa shape index (κ2) is 7.32. The predicted octanol–water partition coefficient (Wildman–Crippen LogP) is 5.76. The summed E-state index contributed by atoms with van der Waals surface area (Å²) in [5.41, 5.74) is 5.71. The van der Waals surface area contributed by atoms with Gasteiger partial charge in [0.05, 0.1) is 23.7 Å². The van der Waals surface area contributed by atoms with Crippen molar-refractivity contribution < 1.29 is 4.74 Å². The molecule has 6 rings (SSSR count). The minimum absolute atomic E-state index is 0.0490. The zero-order chi connectivity index (χ0) is 23.6. The van der Waals surface area contributed by atoms with Crippen LogP contribution in [0.3, 0.4) is 0 Å². The van der Waals surface area contributed by atoms with Gasteiger partial charge in [-0.15, -0.1) is 0 Å². The average Bonchev–Trinajstić information content (AvgIpc) is 2.85. The van der Waals surface area contributed by atoms with Gasteiger partial charge in [-0.2, -0.15) is 0 Å². The van der Waals surface area contributed by atoms with Crippen LogP contribution in [0.15, 0.2) is 82.4 Å². The highest BCUT2D eigenvalue weighted by atomic mass is 16.5. The fourth-order valence-corrected chi connectivity index (χ4v) is 4.80. The van der Waals surface area contributed by atoms with E-state index >= 15 is 0 Å². The third-order valence-corrected chi connectivity index (χ3v) is 6.52. The van der Waals surface area contributed by atoms with Gasteiger partial charge in [0.15, 0.2) is 10.9 Å². The summed E-state index contributed by atoms with van der Waals surface area (Å²) in [7, 11) is 1.63. The number of hydrogen-bond acceptors (Lipinski definition) is 3. The molecule has 166 valence electrons. The number of hydrogen-bond donors (Lipinski definition) is 1. The maximum atomic E-state index is 13.6. The van der Waals surface area contributed by atoms with Crippen molar-refractivity contribution in [3.8, 4) is 11.4 Å². The van der Waals surface area contributed by atoms with Crippen molar-refractivity contribution in [2.75, 3.05) is 7.11 Å². The number of ether oxygens (including phenoxy) is 1. The van der Waals surface area contributed by atoms with Crippen molar-refractivity contribution in [3.63, 3.8) is 0 Å². The van der Waals surface area contributed by atoms with Crippen LogP contribution >= 0.6 is 0 Å². The Hall–Kier alpha value is -4.38. The third-order valence-electron chi connectivity index (χ3n) is 6.52. The van der Waals surface area contributed by atoms with E-state index in [9.17, 15) is 9.59 Å². The SMILES string of the molecule is COc1ccc(-n2c3ccc(C)cc3c(=O)c3cc4[nH]c5ccc(C)cc5c(=O)c4cc32)cc1. The second-order valence-corrected chi connectivity index (χ2v) is 8.80. The monoisotopic (exact) mass is 446 g/mol. The molecule has 0 saturated carbocycles. The fraction of sp³-hybridized carbons (Fsp3) is 0.103. The van der Waals surface area contributed by atoms with Crippen LogP contribution in [0.5, 0.6) is 5.75 Å². The first-order chi connectivity index (χ1) is 16.4. The van der Waals surface area contributed by atoms with E-state index < -0.39 is 0 Å². The second-order valence-electron chi connectivity index (χ2n) is 8.80. The highest BCUT2D eigenvalue weighted by molar-refractivity contribution is 6.04. The summed E-state index contributed by atoms with van der Waals surface area (Å²) < 4.78 is 7.38. The molecule has 0 aliphatic rings. The molecule has 0 fully saturated rings. The lowest BCUT2D eigenvalue weighted by Gasteiger charge is -2.17. The highest BCUT2D eigenvalue weighted by Crippen LogP contribution is 2.28. The lowest BCUT2D eigenvalue weighted by molar-refractivity contribution is 0.415. The van der Waals surface area contributed by atoms with Gasteiger partial charge in [0, 0.05) is 32.7 Å². The molecule has 5 heteroatoms. The number of pyridine rings is 2. The third kappa shape index (κ3) is 2.94. The number of rotatable bonds is 2. The molecule has 1 N–H and O–H groups in total. The molecule has 2 aromatic heterocycles. The largest absolute Gasteiger partial charge is 0.497 e. The smallest absolute Gasteiger partial charge is 0.197 e. The molecular weight excluding hydrogens is 424 g/mol. The fourth-order valence-electron chi connectivity index (χ4n) is 4.80. The van der Waals surface area contributed by atoms with Crippen molar-refractivity contribution in [2.45, 2.75) is 13.8 Å². The average molecular weight is 447 g/mol. The van der Waals surface area contributed by atoms with Gasteiger partial charge in [0.1, 0.15) is 5.75 Å². The van der Waals surface area contributed by atoms with E-state index in [2.05, 4.69) is 4.98 Å². The number of aryl methyl sites for hydroxylation is 2. The van der Waals surface area contributed by atoms with Gasteiger partial charge < -0.3 is 14.3 Å². The minimum Gasteiger partial charge on any atom is -0.497 e. The molecule has 0 amide bonds. The molecule has 0 aliphatic heterocycles. The van der Waals surface area contributed by atoms with Gasteiger partial charge in [0.25, 0.3) is 0 Å².